The van der Waals surface area contributed by atoms with E-state index in [0.717, 1.165) is 13.1 Å². The van der Waals surface area contributed by atoms with Gasteiger partial charge in [-0.2, -0.15) is 0 Å². The molecule has 1 aromatic rings. The molecule has 1 rings (SSSR count). The van der Waals surface area contributed by atoms with Crippen LogP contribution in [0.1, 0.15) is 48.4 Å². The van der Waals surface area contributed by atoms with Crippen molar-refractivity contribution in [3.05, 3.63) is 29.3 Å². The Morgan fingerprint density at radius 1 is 1.13 bits per heavy atom. The fourth-order valence-corrected chi connectivity index (χ4v) is 2.07. The molecule has 23 heavy (non-hydrogen) atoms. The maximum atomic E-state index is 12.3. The molecule has 0 aliphatic heterocycles. The molecule has 0 aliphatic carbocycles. The summed E-state index contributed by atoms with van der Waals surface area (Å²) in [4.78, 5) is 26.5. The molecule has 0 unspecified atom stereocenters. The minimum atomic E-state index is -0.569. The van der Waals surface area contributed by atoms with Crippen LogP contribution in [0.5, 0.6) is 0 Å². The smallest absolute Gasteiger partial charge is 0.339 e. The molecule has 0 spiro atoms. The van der Waals surface area contributed by atoms with Crippen molar-refractivity contribution >= 4 is 17.6 Å². The Hall–Kier alpha value is -2.08. The third kappa shape index (κ3) is 5.90. The molecular weight excluding hydrogens is 296 g/mol. The van der Waals surface area contributed by atoms with Gasteiger partial charge < -0.3 is 20.1 Å². The van der Waals surface area contributed by atoms with E-state index >= 15 is 0 Å². The molecule has 0 saturated heterocycles. The van der Waals surface area contributed by atoms with E-state index in [-0.39, 0.29) is 23.8 Å². The quantitative estimate of drug-likeness (QED) is 0.584. The minimum absolute atomic E-state index is 0.134. The second kappa shape index (κ2) is 9.15. The number of carbonyl (C=O) groups is 2. The molecule has 0 aliphatic rings. The van der Waals surface area contributed by atoms with Crippen LogP contribution in [-0.2, 0) is 9.47 Å². The summed E-state index contributed by atoms with van der Waals surface area (Å²) >= 11 is 0. The average Bonchev–Trinajstić information content (AvgIpc) is 2.50. The van der Waals surface area contributed by atoms with Gasteiger partial charge in [0.25, 0.3) is 0 Å². The van der Waals surface area contributed by atoms with Gasteiger partial charge in [-0.25, -0.2) is 9.59 Å². The maximum Gasteiger partial charge on any atom is 0.339 e. The molecule has 1 aromatic carbocycles. The zero-order valence-electron chi connectivity index (χ0n) is 14.3. The van der Waals surface area contributed by atoms with Gasteiger partial charge >= 0.3 is 11.9 Å². The number of nitrogens with two attached hydrogens (primary N) is 1. The van der Waals surface area contributed by atoms with Crippen molar-refractivity contribution in [3.8, 4) is 0 Å². The van der Waals surface area contributed by atoms with Gasteiger partial charge in [0, 0.05) is 12.2 Å². The van der Waals surface area contributed by atoms with E-state index in [1.54, 1.807) is 19.9 Å². The Morgan fingerprint density at radius 2 is 1.78 bits per heavy atom. The highest BCUT2D eigenvalue weighted by atomic mass is 16.5. The van der Waals surface area contributed by atoms with E-state index in [1.165, 1.54) is 12.1 Å². The average molecular weight is 322 g/mol. The molecule has 0 amide bonds. The minimum Gasteiger partial charge on any atom is -0.461 e. The zero-order valence-corrected chi connectivity index (χ0v) is 14.3. The van der Waals surface area contributed by atoms with Gasteiger partial charge in [-0.1, -0.05) is 13.8 Å². The summed E-state index contributed by atoms with van der Waals surface area (Å²) in [5.41, 5.74) is 6.41. The molecule has 6 nitrogen and oxygen atoms in total. The number of likely N-dealkylation sites (N-methyl/N-ethyl adjacent to an activating group) is 1. The number of carbonyl (C=O) groups excluding carboxylic acids is 2. The van der Waals surface area contributed by atoms with Crippen LogP contribution < -0.4 is 5.73 Å². The number of hydrogen-bond acceptors (Lipinski definition) is 6. The van der Waals surface area contributed by atoms with Crippen molar-refractivity contribution in [2.75, 3.05) is 32.0 Å². The van der Waals surface area contributed by atoms with Gasteiger partial charge in [0.05, 0.1) is 17.2 Å². The van der Waals surface area contributed by atoms with Gasteiger partial charge in [0.1, 0.15) is 6.61 Å². The van der Waals surface area contributed by atoms with E-state index in [0.29, 0.717) is 12.2 Å². The summed E-state index contributed by atoms with van der Waals surface area (Å²) < 4.78 is 10.4. The highest BCUT2D eigenvalue weighted by molar-refractivity contribution is 6.03. The molecule has 0 aromatic heterocycles. The van der Waals surface area contributed by atoms with E-state index in [1.807, 2.05) is 13.8 Å². The van der Waals surface area contributed by atoms with Crippen LogP contribution in [0.3, 0.4) is 0 Å². The molecule has 0 heterocycles. The third-order valence-electron chi connectivity index (χ3n) is 3.36. The number of nitrogen functional groups attached to an aromatic ring is 1. The van der Waals surface area contributed by atoms with Crippen LogP contribution >= 0.6 is 0 Å². The van der Waals surface area contributed by atoms with Gasteiger partial charge in [-0.3, -0.25) is 0 Å². The first-order valence-corrected chi connectivity index (χ1v) is 7.89. The number of nitrogens with zero attached hydrogens (tertiary/aromatic N) is 1. The lowest BCUT2D eigenvalue weighted by Crippen LogP contribution is -2.28. The van der Waals surface area contributed by atoms with Crippen molar-refractivity contribution in [1.82, 2.24) is 4.90 Å². The Bertz CT molecular complexity index is 539. The number of rotatable bonds is 8. The summed E-state index contributed by atoms with van der Waals surface area (Å²) in [5, 5.41) is 0. The molecule has 0 saturated carbocycles. The lowest BCUT2D eigenvalue weighted by Gasteiger charge is -2.18. The number of esters is 2. The second-order valence-corrected chi connectivity index (χ2v) is 5.42. The van der Waals surface area contributed by atoms with E-state index in [2.05, 4.69) is 4.90 Å². The first kappa shape index (κ1) is 19.0. The molecule has 0 fully saturated rings. The fraction of sp³-hybridized carbons (Fsp3) is 0.529. The van der Waals surface area contributed by atoms with Crippen LogP contribution in [0, 0.1) is 0 Å². The highest BCUT2D eigenvalue weighted by Gasteiger charge is 2.20. The van der Waals surface area contributed by atoms with Gasteiger partial charge in [-0.05, 0) is 45.1 Å². The molecule has 0 atom stereocenters. The zero-order chi connectivity index (χ0) is 17.4. The van der Waals surface area contributed by atoms with Crippen molar-refractivity contribution in [2.24, 2.45) is 0 Å². The lowest BCUT2D eigenvalue weighted by molar-refractivity contribution is 0.0357. The van der Waals surface area contributed by atoms with E-state index < -0.39 is 11.9 Å². The van der Waals surface area contributed by atoms with E-state index in [4.69, 9.17) is 15.2 Å². The number of anilines is 1. The fourth-order valence-electron chi connectivity index (χ4n) is 2.07. The first-order valence-electron chi connectivity index (χ1n) is 7.89. The third-order valence-corrected chi connectivity index (χ3v) is 3.36. The normalized spacial score (nSPS) is 10.9. The largest absolute Gasteiger partial charge is 0.461 e. The topological polar surface area (TPSA) is 81.9 Å². The Labute approximate surface area is 137 Å². The summed E-state index contributed by atoms with van der Waals surface area (Å²) in [6, 6.07) is 4.49. The van der Waals surface area contributed by atoms with Gasteiger partial charge in [0.15, 0.2) is 0 Å². The van der Waals surface area contributed by atoms with Crippen LogP contribution in [0.2, 0.25) is 0 Å². The number of ether oxygens (including phenoxy) is 2. The number of hydrogen-bond donors (Lipinski definition) is 1. The maximum absolute atomic E-state index is 12.3. The predicted octanol–water partition coefficient (Wildman–Crippen LogP) is 2.33. The van der Waals surface area contributed by atoms with Crippen molar-refractivity contribution in [3.63, 3.8) is 0 Å². The van der Waals surface area contributed by atoms with Crippen molar-refractivity contribution in [1.29, 1.82) is 0 Å². The van der Waals surface area contributed by atoms with Gasteiger partial charge in [0.2, 0.25) is 0 Å². The van der Waals surface area contributed by atoms with Crippen LogP contribution in [-0.4, -0.2) is 49.2 Å². The summed E-state index contributed by atoms with van der Waals surface area (Å²) in [7, 11) is 0. The van der Waals surface area contributed by atoms with Crippen molar-refractivity contribution < 1.29 is 19.1 Å². The van der Waals surface area contributed by atoms with E-state index in [9.17, 15) is 9.59 Å². The molecule has 128 valence electrons. The van der Waals surface area contributed by atoms with Crippen LogP contribution in [0.15, 0.2) is 18.2 Å². The molecule has 0 bridgehead atoms. The SMILES string of the molecule is CCN(CC)CCOC(=O)c1cc(N)ccc1C(=O)OC(C)C. The van der Waals surface area contributed by atoms with Crippen LogP contribution in [0.4, 0.5) is 5.69 Å². The first-order chi connectivity index (χ1) is 10.9. The highest BCUT2D eigenvalue weighted by Crippen LogP contribution is 2.17. The predicted molar refractivity (Wildman–Crippen MR) is 89.5 cm³/mol. The summed E-state index contributed by atoms with van der Waals surface area (Å²) in [6.45, 7) is 10.3. The standard InChI is InChI=1S/C17H26N2O4/c1-5-19(6-2)9-10-22-16(20)15-11-13(18)7-8-14(15)17(21)23-12(3)4/h7-8,11-12H,5-6,9-10,18H2,1-4H3. The number of benzene rings is 1. The Balaban J connectivity index is 2.82. The Morgan fingerprint density at radius 3 is 2.35 bits per heavy atom. The summed E-state index contributed by atoms with van der Waals surface area (Å²) in [6.07, 6.45) is -0.272. The summed E-state index contributed by atoms with van der Waals surface area (Å²) in [5.74, 6) is -1.13. The lowest BCUT2D eigenvalue weighted by atomic mass is 10.1. The molecule has 6 heteroatoms. The van der Waals surface area contributed by atoms with Gasteiger partial charge in [-0.15, -0.1) is 0 Å². The van der Waals surface area contributed by atoms with Crippen molar-refractivity contribution in [2.45, 2.75) is 33.8 Å². The van der Waals surface area contributed by atoms with Crippen LogP contribution in [0.25, 0.3) is 0 Å². The molecular formula is C17H26N2O4. The molecule has 2 N–H and O–H groups in total. The monoisotopic (exact) mass is 322 g/mol. The second-order valence-electron chi connectivity index (χ2n) is 5.42. The Kier molecular flexibility index (Phi) is 7.54. The molecule has 0 radical (unpaired) electrons.